The first kappa shape index (κ1) is 46.2. The van der Waals surface area contributed by atoms with Gasteiger partial charge in [-0.15, -0.1) is 0 Å². The molecule has 314 valence electrons. The van der Waals surface area contributed by atoms with Gasteiger partial charge in [-0.3, -0.25) is 14.0 Å². The summed E-state index contributed by atoms with van der Waals surface area (Å²) >= 11 is 0. The quantitative estimate of drug-likeness (QED) is 0.0437. The van der Waals surface area contributed by atoms with Crippen LogP contribution in [0.25, 0.3) is 5.52 Å². The number of pyridine rings is 1. The third kappa shape index (κ3) is 14.4. The molecule has 1 saturated heterocycles. The van der Waals surface area contributed by atoms with Crippen molar-refractivity contribution in [2.24, 2.45) is 0 Å². The number of anilines is 1. The average molecular weight is 814 g/mol. The molecule has 0 bridgehead atoms. The van der Waals surface area contributed by atoms with Gasteiger partial charge in [-0.25, -0.2) is 14.1 Å². The van der Waals surface area contributed by atoms with Gasteiger partial charge >= 0.3 is 7.82 Å². The summed E-state index contributed by atoms with van der Waals surface area (Å²) in [6.45, 7) is 1.74. The third-order valence-corrected chi connectivity index (χ3v) is 11.1. The summed E-state index contributed by atoms with van der Waals surface area (Å²) in [5, 5.41) is 45.1. The largest absolute Gasteiger partial charge is 0.472 e. The molecule has 17 heteroatoms. The van der Waals surface area contributed by atoms with Crippen molar-refractivity contribution in [1.82, 2.24) is 19.6 Å². The summed E-state index contributed by atoms with van der Waals surface area (Å²) in [5.74, 6) is 0.122. The topological polar surface area (TPSA) is 241 Å². The van der Waals surface area contributed by atoms with Gasteiger partial charge in [0.1, 0.15) is 48.4 Å². The molecule has 1 unspecified atom stereocenters. The minimum absolute atomic E-state index is 0.0277. The Morgan fingerprint density at radius 1 is 0.912 bits per heavy atom. The summed E-state index contributed by atoms with van der Waals surface area (Å²) in [5.41, 5.74) is 5.16. The van der Waals surface area contributed by atoms with Crippen molar-refractivity contribution in [3.8, 4) is 12.1 Å². The van der Waals surface area contributed by atoms with E-state index in [1.807, 2.05) is 12.1 Å². The fraction of sp³-hybridized carbons (Fsp3) is 0.675. The van der Waals surface area contributed by atoms with E-state index in [4.69, 9.17) is 34.3 Å². The van der Waals surface area contributed by atoms with Crippen LogP contribution >= 0.6 is 7.82 Å². The Balaban J connectivity index is 1.18. The molecule has 6 atom stereocenters. The van der Waals surface area contributed by atoms with E-state index in [-0.39, 0.29) is 31.3 Å². The number of fused-ring (bicyclic) bond motifs is 1. The molecule has 16 nitrogen and oxygen atoms in total. The smallest absolute Gasteiger partial charge is 0.387 e. The second-order valence-corrected chi connectivity index (χ2v) is 16.1. The summed E-state index contributed by atoms with van der Waals surface area (Å²) < 4.78 is 42.3. The maximum absolute atomic E-state index is 13.0. The first-order chi connectivity index (χ1) is 27.6. The van der Waals surface area contributed by atoms with E-state index in [2.05, 4.69) is 22.0 Å². The molecular formula is C40H60N7O9P. The SMILES string of the molecule is CCCCCCCCCCCCCCCCCCOC[C@H](COP(=O)(O)OC[C@H]1O[C@@](C#N)(c2ccc3c(N)ncnn23)[C@H](O)[C@@H]1O)OCc1ccc(C#N)cn1. The molecule has 1 aliphatic heterocycles. The Kier molecular flexibility index (Phi) is 19.8. The van der Waals surface area contributed by atoms with Crippen LogP contribution in [0, 0.1) is 22.7 Å². The summed E-state index contributed by atoms with van der Waals surface area (Å²) in [6.07, 6.45) is 17.3. The predicted octanol–water partition coefficient (Wildman–Crippen LogP) is 6.41. The third-order valence-electron chi connectivity index (χ3n) is 10.2. The highest BCUT2D eigenvalue weighted by molar-refractivity contribution is 7.47. The molecule has 0 radical (unpaired) electrons. The van der Waals surface area contributed by atoms with Crippen LogP contribution in [-0.2, 0) is 40.0 Å². The number of nitriles is 2. The second kappa shape index (κ2) is 24.4. The lowest BCUT2D eigenvalue weighted by molar-refractivity contribution is -0.0692. The van der Waals surface area contributed by atoms with Crippen molar-refractivity contribution in [1.29, 1.82) is 10.5 Å². The predicted molar refractivity (Wildman–Crippen MR) is 211 cm³/mol. The molecule has 3 aromatic rings. The van der Waals surface area contributed by atoms with Crippen LogP contribution in [0.5, 0.6) is 0 Å². The van der Waals surface area contributed by atoms with Crippen LogP contribution in [0.1, 0.15) is 127 Å². The van der Waals surface area contributed by atoms with Gasteiger partial charge in [-0.05, 0) is 30.7 Å². The zero-order valence-corrected chi connectivity index (χ0v) is 34.0. The van der Waals surface area contributed by atoms with Crippen molar-refractivity contribution in [2.75, 3.05) is 32.2 Å². The lowest BCUT2D eigenvalue weighted by Gasteiger charge is -2.24. The number of aliphatic hydroxyl groups excluding tert-OH is 2. The molecule has 5 N–H and O–H groups in total. The van der Waals surface area contributed by atoms with Gasteiger partial charge in [0.25, 0.3) is 0 Å². The van der Waals surface area contributed by atoms with Crippen LogP contribution < -0.4 is 5.73 Å². The van der Waals surface area contributed by atoms with Gasteiger partial charge in [-0.1, -0.05) is 103 Å². The Bertz CT molecular complexity index is 1750. The van der Waals surface area contributed by atoms with Crippen molar-refractivity contribution >= 4 is 19.2 Å². The van der Waals surface area contributed by atoms with Gasteiger partial charge < -0.3 is 35.1 Å². The first-order valence-corrected chi connectivity index (χ1v) is 21.8. The Morgan fingerprint density at radius 2 is 1.56 bits per heavy atom. The zero-order valence-electron chi connectivity index (χ0n) is 33.1. The number of aliphatic hydroxyl groups is 2. The molecular weight excluding hydrogens is 753 g/mol. The highest BCUT2D eigenvalue weighted by Crippen LogP contribution is 2.46. The number of hydrogen-bond donors (Lipinski definition) is 4. The van der Waals surface area contributed by atoms with Gasteiger partial charge in [0, 0.05) is 12.8 Å². The fourth-order valence-corrected chi connectivity index (χ4v) is 7.59. The summed E-state index contributed by atoms with van der Waals surface area (Å²) in [7, 11) is -4.77. The molecule has 0 aliphatic carbocycles. The zero-order chi connectivity index (χ0) is 40.9. The Hall–Kier alpha value is -3.54. The van der Waals surface area contributed by atoms with Gasteiger partial charge in [0.15, 0.2) is 5.82 Å². The number of ether oxygens (including phenoxy) is 3. The van der Waals surface area contributed by atoms with Crippen molar-refractivity contribution in [3.05, 3.63) is 53.7 Å². The Morgan fingerprint density at radius 3 is 2.16 bits per heavy atom. The van der Waals surface area contributed by atoms with Crippen molar-refractivity contribution in [3.63, 3.8) is 0 Å². The minimum atomic E-state index is -4.77. The van der Waals surface area contributed by atoms with E-state index >= 15 is 0 Å². The number of phosphoric acid groups is 1. The van der Waals surface area contributed by atoms with Crippen molar-refractivity contribution in [2.45, 2.75) is 146 Å². The molecule has 4 rings (SSSR count). The summed E-state index contributed by atoms with van der Waals surface area (Å²) in [4.78, 5) is 18.7. The number of nitrogen functional groups attached to an aromatic ring is 1. The maximum atomic E-state index is 13.0. The maximum Gasteiger partial charge on any atom is 0.472 e. The van der Waals surface area contributed by atoms with E-state index in [1.54, 1.807) is 12.1 Å². The second-order valence-electron chi connectivity index (χ2n) is 14.6. The number of nitrogens with two attached hydrogens (primary N) is 1. The molecule has 0 amide bonds. The summed E-state index contributed by atoms with van der Waals surface area (Å²) in [6, 6.07) is 10.2. The van der Waals surface area contributed by atoms with E-state index in [0.717, 1.165) is 19.3 Å². The fourth-order valence-electron chi connectivity index (χ4n) is 6.82. The number of nitrogens with zero attached hydrogens (tertiary/aromatic N) is 6. The standard InChI is InChI=1S/C40H60N7O9P/c1-2-3-4-5-6-7-8-9-10-11-12-13-14-15-16-17-22-52-26-33(53-25-32-19-18-31(23-41)24-44-32)27-54-57(50,51)55-28-35-37(48)38(49)40(29-42,56-35)36-21-20-34-39(43)45-30-46-47(34)36/h18-21,24,30,33,35,37-38,48-49H,2-17,22,25-28H2,1H3,(H,50,51)(H2,43,45,46)/t33-,35-,37-,38-,40+/m1/s1. The van der Waals surface area contributed by atoms with E-state index in [0.29, 0.717) is 23.4 Å². The molecule has 3 aromatic heterocycles. The lowest BCUT2D eigenvalue weighted by atomic mass is 9.92. The highest BCUT2D eigenvalue weighted by Gasteiger charge is 2.58. The minimum Gasteiger partial charge on any atom is -0.387 e. The highest BCUT2D eigenvalue weighted by atomic mass is 31.2. The van der Waals surface area contributed by atoms with Crippen LogP contribution in [0.4, 0.5) is 5.82 Å². The van der Waals surface area contributed by atoms with Crippen LogP contribution in [0.2, 0.25) is 0 Å². The average Bonchev–Trinajstić information content (AvgIpc) is 3.77. The lowest BCUT2D eigenvalue weighted by Crippen LogP contribution is -2.41. The van der Waals surface area contributed by atoms with E-state index < -0.39 is 44.4 Å². The van der Waals surface area contributed by atoms with Gasteiger partial charge in [0.05, 0.1) is 43.4 Å². The Labute approximate surface area is 335 Å². The normalized spacial score (nSPS) is 21.0. The molecule has 0 saturated carbocycles. The van der Waals surface area contributed by atoms with Gasteiger partial charge in [-0.2, -0.15) is 15.6 Å². The first-order valence-electron chi connectivity index (χ1n) is 20.3. The molecule has 4 heterocycles. The van der Waals surface area contributed by atoms with Crippen LogP contribution in [0.3, 0.4) is 0 Å². The van der Waals surface area contributed by atoms with Gasteiger partial charge in [0.2, 0.25) is 5.60 Å². The molecule has 0 spiro atoms. The molecule has 57 heavy (non-hydrogen) atoms. The van der Waals surface area contributed by atoms with Crippen molar-refractivity contribution < 1.29 is 42.9 Å². The number of aromatic nitrogens is 4. The van der Waals surface area contributed by atoms with E-state index in [9.17, 15) is 24.9 Å². The number of phosphoric ester groups is 1. The molecule has 1 fully saturated rings. The van der Waals surface area contributed by atoms with Crippen LogP contribution in [0.15, 0.2) is 36.8 Å². The van der Waals surface area contributed by atoms with E-state index in [1.165, 1.54) is 113 Å². The molecule has 0 aromatic carbocycles. The van der Waals surface area contributed by atoms with Crippen LogP contribution in [-0.4, -0.2) is 85.5 Å². The monoisotopic (exact) mass is 813 g/mol. The number of hydrogen-bond acceptors (Lipinski definition) is 14. The number of rotatable bonds is 29. The number of unbranched alkanes of at least 4 members (excludes halogenated alkanes) is 15. The molecule has 1 aliphatic rings.